The summed E-state index contributed by atoms with van der Waals surface area (Å²) in [5.41, 5.74) is 1.46. The van der Waals surface area contributed by atoms with Crippen molar-refractivity contribution in [2.24, 2.45) is 0 Å². The van der Waals surface area contributed by atoms with Crippen LogP contribution >= 0.6 is 0 Å². The van der Waals surface area contributed by atoms with Crippen LogP contribution in [0.5, 0.6) is 5.75 Å². The Hall–Kier alpha value is -1.39. The minimum Gasteiger partial charge on any atom is -0.507 e. The van der Waals surface area contributed by atoms with E-state index in [1.807, 2.05) is 6.07 Å². The summed E-state index contributed by atoms with van der Waals surface area (Å²) in [6, 6.07) is 5.95. The van der Waals surface area contributed by atoms with Crippen LogP contribution in [0.2, 0.25) is 0 Å². The third-order valence-electron chi connectivity index (χ3n) is 3.91. The first kappa shape index (κ1) is 14.0. The molecule has 1 heterocycles. The summed E-state index contributed by atoms with van der Waals surface area (Å²) in [5.74, 6) is 0.0602. The maximum atomic E-state index is 10.8. The Morgan fingerprint density at radius 3 is 2.63 bits per heavy atom. The second-order valence-electron chi connectivity index (χ2n) is 5.48. The summed E-state index contributed by atoms with van der Waals surface area (Å²) in [4.78, 5) is 15.5. The Morgan fingerprint density at radius 1 is 1.37 bits per heavy atom. The second-order valence-corrected chi connectivity index (χ2v) is 5.48. The van der Waals surface area contributed by atoms with Crippen molar-refractivity contribution in [1.29, 1.82) is 0 Å². The van der Waals surface area contributed by atoms with Gasteiger partial charge in [0.05, 0.1) is 5.56 Å². The fourth-order valence-electron chi connectivity index (χ4n) is 2.65. The van der Waals surface area contributed by atoms with Crippen LogP contribution in [0.15, 0.2) is 18.2 Å². The number of rotatable bonds is 4. The van der Waals surface area contributed by atoms with E-state index in [0.717, 1.165) is 25.2 Å². The predicted molar refractivity (Wildman–Crippen MR) is 75.5 cm³/mol. The zero-order valence-corrected chi connectivity index (χ0v) is 11.7. The lowest BCUT2D eigenvalue weighted by Gasteiger charge is -2.35. The summed E-state index contributed by atoms with van der Waals surface area (Å²) in [6.45, 7) is 3.02. The van der Waals surface area contributed by atoms with E-state index >= 15 is 0 Å². The van der Waals surface area contributed by atoms with E-state index < -0.39 is 0 Å². The van der Waals surface area contributed by atoms with Crippen molar-refractivity contribution >= 4 is 6.29 Å². The molecule has 2 rings (SSSR count). The average Bonchev–Trinajstić information content (AvgIpc) is 2.41. The molecule has 0 saturated carbocycles. The van der Waals surface area contributed by atoms with Gasteiger partial charge in [-0.3, -0.25) is 9.69 Å². The largest absolute Gasteiger partial charge is 0.507 e. The van der Waals surface area contributed by atoms with Gasteiger partial charge >= 0.3 is 0 Å². The monoisotopic (exact) mass is 262 g/mol. The molecule has 19 heavy (non-hydrogen) atoms. The highest BCUT2D eigenvalue weighted by Gasteiger charge is 2.20. The van der Waals surface area contributed by atoms with Crippen LogP contribution in [0.4, 0.5) is 0 Å². The molecule has 0 atom stereocenters. The van der Waals surface area contributed by atoms with Crippen molar-refractivity contribution < 1.29 is 9.90 Å². The molecule has 1 saturated heterocycles. The number of likely N-dealkylation sites (tertiary alicyclic amines) is 1. The molecule has 1 aromatic carbocycles. The van der Waals surface area contributed by atoms with Gasteiger partial charge in [-0.25, -0.2) is 0 Å². The van der Waals surface area contributed by atoms with Crippen molar-refractivity contribution in [3.05, 3.63) is 29.3 Å². The molecule has 0 unspecified atom stereocenters. The number of carbonyl (C=O) groups excluding carboxylic acids is 1. The SMILES string of the molecule is CN(C)C1CCN(Cc2ccc(O)c(C=O)c2)CC1. The number of hydrogen-bond acceptors (Lipinski definition) is 4. The van der Waals surface area contributed by atoms with Gasteiger partial charge in [-0.1, -0.05) is 6.07 Å². The maximum Gasteiger partial charge on any atom is 0.153 e. The van der Waals surface area contributed by atoms with Gasteiger partial charge in [0.2, 0.25) is 0 Å². The lowest BCUT2D eigenvalue weighted by atomic mass is 10.0. The van der Waals surface area contributed by atoms with Crippen LogP contribution < -0.4 is 0 Å². The van der Waals surface area contributed by atoms with Gasteiger partial charge in [-0.2, -0.15) is 0 Å². The Balaban J connectivity index is 1.94. The smallest absolute Gasteiger partial charge is 0.153 e. The van der Waals surface area contributed by atoms with E-state index in [-0.39, 0.29) is 5.75 Å². The highest BCUT2D eigenvalue weighted by atomic mass is 16.3. The molecule has 104 valence electrons. The Labute approximate surface area is 114 Å². The Morgan fingerprint density at radius 2 is 2.05 bits per heavy atom. The fourth-order valence-corrected chi connectivity index (χ4v) is 2.65. The first-order valence-electron chi connectivity index (χ1n) is 6.76. The number of nitrogens with zero attached hydrogens (tertiary/aromatic N) is 2. The van der Waals surface area contributed by atoms with Crippen LogP contribution in [0, 0.1) is 0 Å². The number of carbonyl (C=O) groups is 1. The molecule has 1 aromatic rings. The first-order chi connectivity index (χ1) is 9.10. The van der Waals surface area contributed by atoms with E-state index in [9.17, 15) is 9.90 Å². The fraction of sp³-hybridized carbons (Fsp3) is 0.533. The minimum absolute atomic E-state index is 0.0602. The van der Waals surface area contributed by atoms with Gasteiger partial charge in [-0.15, -0.1) is 0 Å². The molecular formula is C15H22N2O2. The number of hydrogen-bond donors (Lipinski definition) is 1. The van der Waals surface area contributed by atoms with E-state index in [2.05, 4.69) is 23.9 Å². The first-order valence-corrected chi connectivity index (χ1v) is 6.76. The quantitative estimate of drug-likeness (QED) is 0.839. The number of phenolic OH excluding ortho intramolecular Hbond substituents is 1. The lowest BCUT2D eigenvalue weighted by Crippen LogP contribution is -2.41. The summed E-state index contributed by atoms with van der Waals surface area (Å²) in [7, 11) is 4.27. The van der Waals surface area contributed by atoms with E-state index in [0.29, 0.717) is 17.9 Å². The molecule has 1 fully saturated rings. The van der Waals surface area contributed by atoms with Crippen LogP contribution in [-0.2, 0) is 6.54 Å². The highest BCUT2D eigenvalue weighted by Crippen LogP contribution is 2.20. The molecule has 0 spiro atoms. The van der Waals surface area contributed by atoms with Crippen LogP contribution in [0.1, 0.15) is 28.8 Å². The van der Waals surface area contributed by atoms with Crippen LogP contribution in [0.3, 0.4) is 0 Å². The lowest BCUT2D eigenvalue weighted by molar-refractivity contribution is 0.112. The second kappa shape index (κ2) is 6.17. The Bertz CT molecular complexity index is 438. The molecule has 0 radical (unpaired) electrons. The molecule has 4 heteroatoms. The van der Waals surface area contributed by atoms with Crippen molar-refractivity contribution in [1.82, 2.24) is 9.80 Å². The van der Waals surface area contributed by atoms with Crippen molar-refractivity contribution in [2.45, 2.75) is 25.4 Å². The van der Waals surface area contributed by atoms with Crippen molar-refractivity contribution in [3.63, 3.8) is 0 Å². The van der Waals surface area contributed by atoms with Gasteiger partial charge < -0.3 is 10.0 Å². The Kier molecular flexibility index (Phi) is 4.56. The van der Waals surface area contributed by atoms with Crippen molar-refractivity contribution in [2.75, 3.05) is 27.2 Å². The molecule has 4 nitrogen and oxygen atoms in total. The number of aromatic hydroxyl groups is 1. The summed E-state index contributed by atoms with van der Waals surface area (Å²) in [6.07, 6.45) is 3.08. The van der Waals surface area contributed by atoms with E-state index in [1.165, 1.54) is 12.8 Å². The zero-order valence-electron chi connectivity index (χ0n) is 11.7. The molecule has 1 N–H and O–H groups in total. The molecule has 1 aliphatic rings. The van der Waals surface area contributed by atoms with Gasteiger partial charge in [-0.05, 0) is 57.7 Å². The zero-order chi connectivity index (χ0) is 13.8. The van der Waals surface area contributed by atoms with Crippen LogP contribution in [-0.4, -0.2) is 54.4 Å². The normalized spacial score (nSPS) is 17.8. The molecular weight excluding hydrogens is 240 g/mol. The third kappa shape index (κ3) is 3.55. The standard InChI is InChI=1S/C15H22N2O2/c1-16(2)14-5-7-17(8-6-14)10-12-3-4-15(19)13(9-12)11-18/h3-4,9,11,14,19H,5-8,10H2,1-2H3. The summed E-state index contributed by atoms with van der Waals surface area (Å²) < 4.78 is 0. The number of piperidine rings is 1. The third-order valence-corrected chi connectivity index (χ3v) is 3.91. The maximum absolute atomic E-state index is 10.8. The van der Waals surface area contributed by atoms with Gasteiger partial charge in [0.15, 0.2) is 6.29 Å². The number of aldehydes is 1. The molecule has 0 aromatic heterocycles. The van der Waals surface area contributed by atoms with E-state index in [4.69, 9.17) is 0 Å². The van der Waals surface area contributed by atoms with E-state index in [1.54, 1.807) is 12.1 Å². The average molecular weight is 262 g/mol. The van der Waals surface area contributed by atoms with Gasteiger partial charge in [0, 0.05) is 12.6 Å². The predicted octanol–water partition coefficient (Wildman–Crippen LogP) is 1.73. The summed E-state index contributed by atoms with van der Waals surface area (Å²) >= 11 is 0. The van der Waals surface area contributed by atoms with Gasteiger partial charge in [0.1, 0.15) is 5.75 Å². The highest BCUT2D eigenvalue weighted by molar-refractivity contribution is 5.79. The van der Waals surface area contributed by atoms with Crippen LogP contribution in [0.25, 0.3) is 0 Å². The number of benzene rings is 1. The molecule has 0 aliphatic carbocycles. The number of phenols is 1. The van der Waals surface area contributed by atoms with Crippen molar-refractivity contribution in [3.8, 4) is 5.75 Å². The topological polar surface area (TPSA) is 43.8 Å². The molecule has 1 aliphatic heterocycles. The molecule has 0 bridgehead atoms. The minimum atomic E-state index is 0.0602. The summed E-state index contributed by atoms with van der Waals surface area (Å²) in [5, 5.41) is 9.49. The van der Waals surface area contributed by atoms with Gasteiger partial charge in [0.25, 0.3) is 0 Å². The molecule has 0 amide bonds.